The lowest BCUT2D eigenvalue weighted by atomic mass is 9.84. The summed E-state index contributed by atoms with van der Waals surface area (Å²) in [4.78, 5) is 24.6. The maximum Gasteiger partial charge on any atom is 0.309 e. The second kappa shape index (κ2) is 12.0. The molecular weight excluding hydrogens is 526 g/mol. The largest absolute Gasteiger partial charge is 0.481 e. The van der Waals surface area contributed by atoms with Gasteiger partial charge in [-0.05, 0) is 72.9 Å². The molecule has 5 nitrogen and oxygen atoms in total. The van der Waals surface area contributed by atoms with Crippen molar-refractivity contribution in [2.24, 2.45) is 10.9 Å². The quantitative estimate of drug-likeness (QED) is 0.204. The normalized spacial score (nSPS) is 19.5. The summed E-state index contributed by atoms with van der Waals surface area (Å²) >= 11 is 1.51. The number of allylic oxidation sites excluding steroid dienone is 1. The zero-order chi connectivity index (χ0) is 28.2. The van der Waals surface area contributed by atoms with Gasteiger partial charge in [-0.1, -0.05) is 73.9 Å². The monoisotopic (exact) mass is 563 g/mol. The maximum absolute atomic E-state index is 12.0. The van der Waals surface area contributed by atoms with Gasteiger partial charge in [0.1, 0.15) is 0 Å². The second-order valence-electron chi connectivity index (χ2n) is 11.7. The van der Waals surface area contributed by atoms with Crippen LogP contribution in [0.5, 0.6) is 0 Å². The van der Waals surface area contributed by atoms with E-state index in [9.17, 15) is 9.90 Å². The van der Waals surface area contributed by atoms with Gasteiger partial charge in [0.25, 0.3) is 0 Å². The van der Waals surface area contributed by atoms with E-state index in [-0.39, 0.29) is 0 Å². The van der Waals surface area contributed by atoms with E-state index in [1.165, 1.54) is 60.1 Å². The van der Waals surface area contributed by atoms with Crippen molar-refractivity contribution in [3.05, 3.63) is 100 Å². The van der Waals surface area contributed by atoms with Gasteiger partial charge in [0, 0.05) is 35.5 Å². The Morgan fingerprint density at radius 3 is 2.46 bits per heavy atom. The van der Waals surface area contributed by atoms with Crippen LogP contribution in [0.25, 0.3) is 22.5 Å². The van der Waals surface area contributed by atoms with Crippen LogP contribution in [0.3, 0.4) is 0 Å². The van der Waals surface area contributed by atoms with Gasteiger partial charge in [0.15, 0.2) is 0 Å². The number of nitrogens with one attached hydrogen (secondary N) is 1. The topological polar surface area (TPSA) is 78.3 Å². The predicted octanol–water partition coefficient (Wildman–Crippen LogP) is 8.28. The molecule has 41 heavy (non-hydrogen) atoms. The third kappa shape index (κ3) is 6.28. The molecule has 0 bridgehead atoms. The molecule has 0 amide bonds. The van der Waals surface area contributed by atoms with Crippen LogP contribution < -0.4 is 0 Å². The fourth-order valence-electron chi connectivity index (χ4n) is 6.20. The van der Waals surface area contributed by atoms with E-state index in [0.717, 1.165) is 46.3 Å². The van der Waals surface area contributed by atoms with Crippen LogP contribution in [-0.4, -0.2) is 32.8 Å². The van der Waals surface area contributed by atoms with E-state index in [4.69, 9.17) is 4.98 Å². The molecule has 4 aromatic rings. The van der Waals surface area contributed by atoms with Crippen LogP contribution in [0.2, 0.25) is 0 Å². The van der Waals surface area contributed by atoms with Crippen LogP contribution in [0.15, 0.2) is 83.3 Å². The highest BCUT2D eigenvalue weighted by molar-refractivity contribution is 7.10. The summed E-state index contributed by atoms with van der Waals surface area (Å²) in [5.74, 6) is -0.742. The molecule has 1 aliphatic carbocycles. The van der Waals surface area contributed by atoms with Crippen LogP contribution in [-0.2, 0) is 24.1 Å². The SMILES string of the molecule is CC1(C(Cc2nc(-c3ccc(-c4cc(CCc5ccc(C6CCCCC6)cc5)c[nH]4)cc3)cs2)C(=O)O)C=CC=N1. The number of aromatic nitrogens is 2. The van der Waals surface area contributed by atoms with Gasteiger partial charge in [0.2, 0.25) is 0 Å². The smallest absolute Gasteiger partial charge is 0.309 e. The van der Waals surface area contributed by atoms with E-state index < -0.39 is 17.4 Å². The van der Waals surface area contributed by atoms with E-state index in [0.29, 0.717) is 6.42 Å². The Morgan fingerprint density at radius 1 is 1.02 bits per heavy atom. The van der Waals surface area contributed by atoms with Gasteiger partial charge in [0.05, 0.1) is 22.2 Å². The van der Waals surface area contributed by atoms with E-state index in [1.54, 1.807) is 6.21 Å². The van der Waals surface area contributed by atoms with E-state index in [2.05, 4.69) is 70.8 Å². The Kier molecular flexibility index (Phi) is 8.02. The maximum atomic E-state index is 12.0. The molecule has 0 saturated heterocycles. The number of aryl methyl sites for hydroxylation is 2. The number of hydrogen-bond acceptors (Lipinski definition) is 4. The highest BCUT2D eigenvalue weighted by Gasteiger charge is 2.38. The zero-order valence-corrected chi connectivity index (χ0v) is 24.4. The highest BCUT2D eigenvalue weighted by Crippen LogP contribution is 2.34. The summed E-state index contributed by atoms with van der Waals surface area (Å²) in [6.07, 6.45) is 16.7. The molecule has 1 fully saturated rings. The molecule has 210 valence electrons. The third-order valence-corrected chi connectivity index (χ3v) is 9.67. The molecule has 2 aromatic carbocycles. The van der Waals surface area contributed by atoms with Gasteiger partial charge in [-0.2, -0.15) is 0 Å². The lowest BCUT2D eigenvalue weighted by molar-refractivity contribution is -0.143. The van der Waals surface area contributed by atoms with Crippen molar-refractivity contribution in [1.29, 1.82) is 0 Å². The molecule has 6 rings (SSSR count). The fourth-order valence-corrected chi connectivity index (χ4v) is 7.05. The minimum absolute atomic E-state index is 0.353. The van der Waals surface area contributed by atoms with Gasteiger partial charge >= 0.3 is 5.97 Å². The number of benzene rings is 2. The first kappa shape index (κ1) is 27.4. The number of hydrogen-bond donors (Lipinski definition) is 2. The van der Waals surface area contributed by atoms with Crippen LogP contribution in [0.4, 0.5) is 0 Å². The molecule has 6 heteroatoms. The van der Waals surface area contributed by atoms with Crippen molar-refractivity contribution >= 4 is 23.5 Å². The van der Waals surface area contributed by atoms with Gasteiger partial charge in [-0.15, -0.1) is 11.3 Å². The van der Waals surface area contributed by atoms with Crippen molar-refractivity contribution in [3.8, 4) is 22.5 Å². The van der Waals surface area contributed by atoms with Crippen molar-refractivity contribution in [2.75, 3.05) is 0 Å². The van der Waals surface area contributed by atoms with Crippen LogP contribution >= 0.6 is 11.3 Å². The zero-order valence-electron chi connectivity index (χ0n) is 23.6. The number of rotatable bonds is 10. The van der Waals surface area contributed by atoms with Crippen LogP contribution in [0, 0.1) is 5.92 Å². The van der Waals surface area contributed by atoms with E-state index >= 15 is 0 Å². The number of nitrogens with zero attached hydrogens (tertiary/aromatic N) is 2. The number of aromatic amines is 1. The summed E-state index contributed by atoms with van der Waals surface area (Å²) in [5, 5.41) is 12.7. The number of aliphatic carboxylic acids is 1. The first-order chi connectivity index (χ1) is 20.0. The predicted molar refractivity (Wildman–Crippen MR) is 168 cm³/mol. The lowest BCUT2D eigenvalue weighted by Crippen LogP contribution is -2.37. The fraction of sp³-hybridized carbons (Fsp3) is 0.343. The molecule has 0 spiro atoms. The van der Waals surface area contributed by atoms with E-state index in [1.807, 2.05) is 24.5 Å². The molecule has 2 atom stereocenters. The number of H-pyrrole nitrogens is 1. The number of carbonyl (C=O) groups is 1. The standard InChI is InChI=1S/C35H37N3O2S/c1-35(18-5-19-37-35)30(34(39)40)21-33-38-32(23-41-33)29-16-14-28(15-17-29)31-20-25(22-36-31)9-8-24-10-12-27(13-11-24)26-6-3-2-4-7-26/h5,10-20,22-23,26,30,36H,2-4,6-9,21H2,1H3,(H,39,40). The van der Waals surface area contributed by atoms with Gasteiger partial charge in [-0.3, -0.25) is 9.79 Å². The summed E-state index contributed by atoms with van der Waals surface area (Å²) in [6, 6.07) is 20.0. The minimum atomic E-state index is -0.852. The average Bonchev–Trinajstić information content (AvgIpc) is 3.77. The first-order valence-electron chi connectivity index (χ1n) is 14.7. The molecule has 2 aliphatic rings. The van der Waals surface area contributed by atoms with Gasteiger partial charge in [-0.25, -0.2) is 4.98 Å². The summed E-state index contributed by atoms with van der Waals surface area (Å²) in [5.41, 5.74) is 7.65. The van der Waals surface area contributed by atoms with Crippen LogP contribution in [0.1, 0.15) is 66.6 Å². The van der Waals surface area contributed by atoms with Crippen molar-refractivity contribution < 1.29 is 9.90 Å². The third-order valence-electron chi connectivity index (χ3n) is 8.80. The second-order valence-corrected chi connectivity index (χ2v) is 12.6. The summed E-state index contributed by atoms with van der Waals surface area (Å²) in [6.45, 7) is 1.86. The van der Waals surface area contributed by atoms with Crippen molar-refractivity contribution in [2.45, 2.75) is 69.7 Å². The minimum Gasteiger partial charge on any atom is -0.481 e. The first-order valence-corrected chi connectivity index (χ1v) is 15.6. The number of carboxylic acids is 1. The Bertz CT molecular complexity index is 1530. The molecule has 2 N–H and O–H groups in total. The molecular formula is C35H37N3O2S. The van der Waals surface area contributed by atoms with Crippen molar-refractivity contribution in [3.63, 3.8) is 0 Å². The lowest BCUT2D eigenvalue weighted by Gasteiger charge is -2.25. The number of thiazole rings is 1. The van der Waals surface area contributed by atoms with Gasteiger partial charge < -0.3 is 10.1 Å². The summed E-state index contributed by atoms with van der Waals surface area (Å²) < 4.78 is 0. The summed E-state index contributed by atoms with van der Waals surface area (Å²) in [7, 11) is 0. The average molecular weight is 564 g/mol. The Hall–Kier alpha value is -3.77. The van der Waals surface area contributed by atoms with Crippen molar-refractivity contribution in [1.82, 2.24) is 9.97 Å². The number of carboxylic acid groups (broad SMARTS) is 1. The molecule has 2 aromatic heterocycles. The number of aliphatic imine (C=N–C) groups is 1. The Labute approximate surface area is 246 Å². The Morgan fingerprint density at radius 2 is 1.76 bits per heavy atom. The molecule has 1 aliphatic heterocycles. The molecule has 0 radical (unpaired) electrons. The molecule has 1 saturated carbocycles. The molecule has 2 unspecified atom stereocenters. The molecule has 3 heterocycles. The highest BCUT2D eigenvalue weighted by atomic mass is 32.1. The Balaban J connectivity index is 1.06.